The molecule has 1 aromatic heterocycles. The monoisotopic (exact) mass is 272 g/mol. The number of benzene rings is 1. The Morgan fingerprint density at radius 1 is 1.20 bits per heavy atom. The van der Waals surface area contributed by atoms with Gasteiger partial charge in [-0.15, -0.1) is 0 Å². The number of aromatic nitrogens is 2. The smallest absolute Gasteiger partial charge is 0.217 e. The molecule has 1 heterocycles. The molecule has 1 N–H and O–H groups in total. The van der Waals surface area contributed by atoms with Crippen molar-refractivity contribution >= 4 is 0 Å². The second-order valence-electron chi connectivity index (χ2n) is 5.69. The van der Waals surface area contributed by atoms with Crippen LogP contribution in [0.3, 0.4) is 0 Å². The van der Waals surface area contributed by atoms with Crippen LogP contribution in [0.4, 0.5) is 0 Å². The van der Waals surface area contributed by atoms with Gasteiger partial charge in [0.1, 0.15) is 0 Å². The lowest BCUT2D eigenvalue weighted by Crippen LogP contribution is -2.01. The van der Waals surface area contributed by atoms with Gasteiger partial charge in [-0.2, -0.15) is 5.10 Å². The Kier molecular flexibility index (Phi) is 4.83. The molecule has 108 valence electrons. The Morgan fingerprint density at radius 3 is 2.50 bits per heavy atom. The van der Waals surface area contributed by atoms with Gasteiger partial charge in [0, 0.05) is 6.54 Å². The van der Waals surface area contributed by atoms with Gasteiger partial charge in [-0.05, 0) is 24.3 Å². The molecule has 0 fully saturated rings. The van der Waals surface area contributed by atoms with Crippen LogP contribution in [0.5, 0.6) is 5.88 Å². The number of nitrogens with zero attached hydrogens (tertiary/aromatic N) is 2. The van der Waals surface area contributed by atoms with Gasteiger partial charge in [0.15, 0.2) is 0 Å². The Hall–Kier alpha value is -1.77. The van der Waals surface area contributed by atoms with Crippen molar-refractivity contribution in [3.05, 3.63) is 36.0 Å². The predicted molar refractivity (Wildman–Crippen MR) is 82.8 cm³/mol. The molecule has 0 radical (unpaired) electrons. The molecule has 0 atom stereocenters. The minimum absolute atomic E-state index is 0.306. The van der Waals surface area contributed by atoms with Gasteiger partial charge < -0.3 is 5.11 Å². The van der Waals surface area contributed by atoms with Gasteiger partial charge in [0.25, 0.3) is 0 Å². The van der Waals surface area contributed by atoms with Crippen LogP contribution in [-0.2, 0) is 13.0 Å². The number of aryl methyl sites for hydroxylation is 1. The summed E-state index contributed by atoms with van der Waals surface area (Å²) in [5.41, 5.74) is 2.94. The summed E-state index contributed by atoms with van der Waals surface area (Å²) < 4.78 is 1.75. The number of aromatic hydroxyl groups is 1. The maximum Gasteiger partial charge on any atom is 0.217 e. The van der Waals surface area contributed by atoms with Gasteiger partial charge >= 0.3 is 0 Å². The molecule has 3 nitrogen and oxygen atoms in total. The summed E-state index contributed by atoms with van der Waals surface area (Å²) in [6.45, 7) is 7.28. The van der Waals surface area contributed by atoms with Gasteiger partial charge in [-0.1, -0.05) is 57.5 Å². The van der Waals surface area contributed by atoms with Gasteiger partial charge in [0.2, 0.25) is 5.88 Å². The van der Waals surface area contributed by atoms with Crippen molar-refractivity contribution in [2.75, 3.05) is 0 Å². The SMILES string of the molecule is CCCCn1nc(CC(C)C)c(-c2ccccc2)c1O. The molecule has 0 unspecified atom stereocenters. The average Bonchev–Trinajstić information content (AvgIpc) is 2.73. The highest BCUT2D eigenvalue weighted by molar-refractivity contribution is 5.71. The molecule has 2 aromatic rings. The van der Waals surface area contributed by atoms with Crippen LogP contribution < -0.4 is 0 Å². The minimum atomic E-state index is 0.306. The van der Waals surface area contributed by atoms with Crippen molar-refractivity contribution in [2.24, 2.45) is 5.92 Å². The molecule has 0 amide bonds. The zero-order chi connectivity index (χ0) is 14.5. The van der Waals surface area contributed by atoms with Crippen molar-refractivity contribution in [3.8, 4) is 17.0 Å². The van der Waals surface area contributed by atoms with Crippen molar-refractivity contribution in [3.63, 3.8) is 0 Å². The van der Waals surface area contributed by atoms with E-state index in [1.807, 2.05) is 30.3 Å². The highest BCUT2D eigenvalue weighted by Gasteiger charge is 2.19. The van der Waals surface area contributed by atoms with Gasteiger partial charge in [-0.3, -0.25) is 0 Å². The standard InChI is InChI=1S/C17H24N2O/c1-4-5-11-19-17(20)16(14-9-7-6-8-10-14)15(18-19)12-13(2)3/h6-10,13,20H,4-5,11-12H2,1-3H3. The highest BCUT2D eigenvalue weighted by Crippen LogP contribution is 2.34. The Balaban J connectivity index is 2.43. The second-order valence-corrected chi connectivity index (χ2v) is 5.69. The van der Waals surface area contributed by atoms with Crippen molar-refractivity contribution in [1.82, 2.24) is 9.78 Å². The molecule has 2 rings (SSSR count). The molecule has 0 spiro atoms. The largest absolute Gasteiger partial charge is 0.493 e. The molecule has 0 saturated carbocycles. The maximum absolute atomic E-state index is 10.5. The zero-order valence-electron chi connectivity index (χ0n) is 12.6. The quantitative estimate of drug-likeness (QED) is 0.853. The Bertz CT molecular complexity index is 544. The molecule has 0 aliphatic rings. The minimum Gasteiger partial charge on any atom is -0.493 e. The normalized spacial score (nSPS) is 11.2. The lowest BCUT2D eigenvalue weighted by Gasteiger charge is -2.05. The second kappa shape index (κ2) is 6.60. The third-order valence-corrected chi connectivity index (χ3v) is 3.39. The first kappa shape index (κ1) is 14.6. The Labute approximate surface area is 121 Å². The van der Waals surface area contributed by atoms with Crippen LogP contribution in [0.15, 0.2) is 30.3 Å². The van der Waals surface area contributed by atoms with E-state index in [4.69, 9.17) is 0 Å². The molecule has 0 bridgehead atoms. The lowest BCUT2D eigenvalue weighted by molar-refractivity contribution is 0.394. The van der Waals surface area contributed by atoms with Crippen LogP contribution in [0.25, 0.3) is 11.1 Å². The van der Waals surface area contributed by atoms with E-state index in [2.05, 4.69) is 25.9 Å². The molecule has 1 aromatic carbocycles. The predicted octanol–water partition coefficient (Wildman–Crippen LogP) is 4.25. The molecule has 0 aliphatic heterocycles. The molecule has 20 heavy (non-hydrogen) atoms. The van der Waals surface area contributed by atoms with Gasteiger partial charge in [0.05, 0.1) is 11.3 Å². The summed E-state index contributed by atoms with van der Waals surface area (Å²) in [6.07, 6.45) is 3.01. The molecular weight excluding hydrogens is 248 g/mol. The fourth-order valence-corrected chi connectivity index (χ4v) is 2.40. The summed E-state index contributed by atoms with van der Waals surface area (Å²) in [5.74, 6) is 0.826. The van der Waals surface area contributed by atoms with E-state index in [-0.39, 0.29) is 0 Å². The van der Waals surface area contributed by atoms with Crippen molar-refractivity contribution in [2.45, 2.75) is 46.6 Å². The number of unbranched alkanes of at least 4 members (excludes halogenated alkanes) is 1. The van der Waals surface area contributed by atoms with Crippen molar-refractivity contribution in [1.29, 1.82) is 0 Å². The topological polar surface area (TPSA) is 38.0 Å². The van der Waals surface area contributed by atoms with Crippen molar-refractivity contribution < 1.29 is 5.11 Å². The fourth-order valence-electron chi connectivity index (χ4n) is 2.40. The first-order valence-electron chi connectivity index (χ1n) is 7.47. The molecule has 0 saturated heterocycles. The van der Waals surface area contributed by atoms with Crippen LogP contribution in [0, 0.1) is 5.92 Å². The third kappa shape index (κ3) is 3.21. The van der Waals surface area contributed by atoms with E-state index < -0.39 is 0 Å². The summed E-state index contributed by atoms with van der Waals surface area (Å²) in [7, 11) is 0. The van der Waals surface area contributed by atoms with Gasteiger partial charge in [-0.25, -0.2) is 4.68 Å². The van der Waals surface area contributed by atoms with E-state index in [1.54, 1.807) is 4.68 Å². The first-order valence-corrected chi connectivity index (χ1v) is 7.47. The highest BCUT2D eigenvalue weighted by atomic mass is 16.3. The zero-order valence-corrected chi connectivity index (χ0v) is 12.6. The summed E-state index contributed by atoms with van der Waals surface area (Å²) in [6, 6.07) is 10.0. The van der Waals surface area contributed by atoms with E-state index >= 15 is 0 Å². The Morgan fingerprint density at radius 2 is 1.90 bits per heavy atom. The summed E-state index contributed by atoms with van der Waals surface area (Å²) in [4.78, 5) is 0. The van der Waals surface area contributed by atoms with E-state index in [0.717, 1.165) is 42.6 Å². The van der Waals surface area contributed by atoms with Crippen LogP contribution in [-0.4, -0.2) is 14.9 Å². The summed E-state index contributed by atoms with van der Waals surface area (Å²) in [5, 5.41) is 15.1. The van der Waals surface area contributed by atoms with Crippen LogP contribution >= 0.6 is 0 Å². The van der Waals surface area contributed by atoms with E-state index in [9.17, 15) is 5.11 Å². The molecule has 0 aliphatic carbocycles. The molecular formula is C17H24N2O. The number of hydrogen-bond donors (Lipinski definition) is 1. The van der Waals surface area contributed by atoms with E-state index in [0.29, 0.717) is 11.8 Å². The average molecular weight is 272 g/mol. The fraction of sp³-hybridized carbons (Fsp3) is 0.471. The third-order valence-electron chi connectivity index (χ3n) is 3.39. The van der Waals surface area contributed by atoms with Crippen LogP contribution in [0.2, 0.25) is 0 Å². The molecule has 3 heteroatoms. The van der Waals surface area contributed by atoms with E-state index in [1.165, 1.54) is 0 Å². The summed E-state index contributed by atoms with van der Waals surface area (Å²) >= 11 is 0. The number of hydrogen-bond acceptors (Lipinski definition) is 2. The first-order chi connectivity index (χ1) is 9.63. The number of rotatable bonds is 6. The lowest BCUT2D eigenvalue weighted by atomic mass is 10.00. The maximum atomic E-state index is 10.5. The van der Waals surface area contributed by atoms with Crippen LogP contribution in [0.1, 0.15) is 39.3 Å².